The van der Waals surface area contributed by atoms with Crippen LogP contribution in [0.15, 0.2) is 18.2 Å². The first kappa shape index (κ1) is 18.8. The molecule has 2 heterocycles. The molecule has 0 bridgehead atoms. The summed E-state index contributed by atoms with van der Waals surface area (Å²) in [5.41, 5.74) is 0.880. The van der Waals surface area contributed by atoms with E-state index in [0.29, 0.717) is 24.7 Å². The molecule has 28 heavy (non-hydrogen) atoms. The lowest BCUT2D eigenvalue weighted by Gasteiger charge is -2.19. The van der Waals surface area contributed by atoms with E-state index in [2.05, 4.69) is 5.32 Å². The number of nitrogens with zero attached hydrogens (tertiary/aromatic N) is 1. The maximum Gasteiger partial charge on any atom is 0.240 e. The SMILES string of the molecule is CC(NC(=O)CN1C(=O)C2CCCCC2C1=O)c1ccc2c(c1)OCCCO2. The highest BCUT2D eigenvalue weighted by Gasteiger charge is 2.48. The van der Waals surface area contributed by atoms with Gasteiger partial charge in [0.05, 0.1) is 31.1 Å². The number of imide groups is 1. The molecule has 1 aromatic rings. The molecule has 3 aliphatic rings. The fraction of sp³-hybridized carbons (Fsp3) is 0.571. The molecule has 3 amide bonds. The largest absolute Gasteiger partial charge is 0.490 e. The van der Waals surface area contributed by atoms with Gasteiger partial charge in [-0.1, -0.05) is 18.9 Å². The molecule has 7 nitrogen and oxygen atoms in total. The van der Waals surface area contributed by atoms with E-state index < -0.39 is 0 Å². The van der Waals surface area contributed by atoms with Gasteiger partial charge in [-0.2, -0.15) is 0 Å². The second kappa shape index (κ2) is 7.81. The minimum atomic E-state index is -0.333. The number of fused-ring (bicyclic) bond motifs is 2. The van der Waals surface area contributed by atoms with Crippen molar-refractivity contribution in [2.24, 2.45) is 11.8 Å². The van der Waals surface area contributed by atoms with Crippen molar-refractivity contribution in [2.45, 2.75) is 45.1 Å². The van der Waals surface area contributed by atoms with E-state index in [4.69, 9.17) is 9.47 Å². The molecule has 0 aromatic heterocycles. The summed E-state index contributed by atoms with van der Waals surface area (Å²) >= 11 is 0. The van der Waals surface area contributed by atoms with Gasteiger partial charge in [-0.25, -0.2) is 0 Å². The number of benzene rings is 1. The molecule has 0 radical (unpaired) electrons. The fourth-order valence-electron chi connectivity index (χ4n) is 4.35. The highest BCUT2D eigenvalue weighted by Crippen LogP contribution is 2.38. The predicted octanol–water partition coefficient (Wildman–Crippen LogP) is 2.20. The topological polar surface area (TPSA) is 84.9 Å². The summed E-state index contributed by atoms with van der Waals surface area (Å²) in [5.74, 6) is 0.211. The molecule has 1 aromatic carbocycles. The Morgan fingerprint density at radius 2 is 1.71 bits per heavy atom. The molecule has 7 heteroatoms. The van der Waals surface area contributed by atoms with Crippen molar-refractivity contribution in [3.05, 3.63) is 23.8 Å². The van der Waals surface area contributed by atoms with Gasteiger partial charge >= 0.3 is 0 Å². The van der Waals surface area contributed by atoms with Crippen molar-refractivity contribution < 1.29 is 23.9 Å². The Morgan fingerprint density at radius 3 is 2.39 bits per heavy atom. The molecule has 1 aliphatic carbocycles. The molecule has 0 spiro atoms. The van der Waals surface area contributed by atoms with E-state index in [1.165, 1.54) is 0 Å². The van der Waals surface area contributed by atoms with Crippen LogP contribution in [0.3, 0.4) is 0 Å². The molecule has 1 saturated carbocycles. The molecule has 1 N–H and O–H groups in total. The van der Waals surface area contributed by atoms with Gasteiger partial charge in [-0.3, -0.25) is 19.3 Å². The van der Waals surface area contributed by atoms with Crippen LogP contribution in [0.2, 0.25) is 0 Å². The second-order valence-electron chi connectivity index (χ2n) is 7.81. The molecular weight excluding hydrogens is 360 g/mol. The predicted molar refractivity (Wildman–Crippen MR) is 101 cm³/mol. The number of carbonyl (C=O) groups is 3. The normalized spacial score (nSPS) is 25.1. The first-order valence-corrected chi connectivity index (χ1v) is 10.1. The van der Waals surface area contributed by atoms with Crippen LogP contribution >= 0.6 is 0 Å². The maximum absolute atomic E-state index is 12.5. The average Bonchev–Trinajstić information content (AvgIpc) is 2.86. The van der Waals surface area contributed by atoms with Crippen LogP contribution in [0, 0.1) is 11.8 Å². The summed E-state index contributed by atoms with van der Waals surface area (Å²) in [4.78, 5) is 38.7. The second-order valence-corrected chi connectivity index (χ2v) is 7.81. The van der Waals surface area contributed by atoms with Crippen molar-refractivity contribution >= 4 is 17.7 Å². The minimum Gasteiger partial charge on any atom is -0.490 e. The van der Waals surface area contributed by atoms with Crippen LogP contribution in [0.5, 0.6) is 11.5 Å². The number of nitrogens with one attached hydrogen (secondary N) is 1. The molecule has 2 fully saturated rings. The molecule has 3 unspecified atom stereocenters. The zero-order valence-electron chi connectivity index (χ0n) is 16.1. The summed E-state index contributed by atoms with van der Waals surface area (Å²) in [6.07, 6.45) is 4.28. The van der Waals surface area contributed by atoms with Crippen molar-refractivity contribution in [3.63, 3.8) is 0 Å². The van der Waals surface area contributed by atoms with Gasteiger partial charge in [0.15, 0.2) is 11.5 Å². The first-order chi connectivity index (χ1) is 13.5. The summed E-state index contributed by atoms with van der Waals surface area (Å²) in [6, 6.07) is 5.32. The lowest BCUT2D eigenvalue weighted by molar-refractivity contribution is -0.143. The molecule has 4 rings (SSSR count). The number of hydrogen-bond acceptors (Lipinski definition) is 5. The van der Waals surface area contributed by atoms with E-state index >= 15 is 0 Å². The van der Waals surface area contributed by atoms with Crippen LogP contribution < -0.4 is 14.8 Å². The molecular formula is C21H26N2O5. The number of amides is 3. The number of rotatable bonds is 4. The van der Waals surface area contributed by atoms with E-state index in [9.17, 15) is 14.4 Å². The molecule has 3 atom stereocenters. The number of likely N-dealkylation sites (tertiary alicyclic amines) is 1. The summed E-state index contributed by atoms with van der Waals surface area (Å²) in [5, 5.41) is 2.89. The molecule has 1 saturated heterocycles. The Morgan fingerprint density at radius 1 is 1.07 bits per heavy atom. The van der Waals surface area contributed by atoms with Crippen molar-refractivity contribution in [1.82, 2.24) is 10.2 Å². The van der Waals surface area contributed by atoms with Crippen LogP contribution in [-0.4, -0.2) is 42.4 Å². The van der Waals surface area contributed by atoms with Gasteiger partial charge in [0.2, 0.25) is 17.7 Å². The van der Waals surface area contributed by atoms with Gasteiger partial charge in [-0.05, 0) is 37.5 Å². The zero-order chi connectivity index (χ0) is 19.7. The Labute approximate surface area is 164 Å². The third-order valence-electron chi connectivity index (χ3n) is 5.88. The van der Waals surface area contributed by atoms with E-state index in [-0.39, 0.29) is 42.1 Å². The average molecular weight is 386 g/mol. The maximum atomic E-state index is 12.5. The monoisotopic (exact) mass is 386 g/mol. The Balaban J connectivity index is 1.39. The Hall–Kier alpha value is -2.57. The van der Waals surface area contributed by atoms with Gasteiger partial charge < -0.3 is 14.8 Å². The van der Waals surface area contributed by atoms with Crippen molar-refractivity contribution in [2.75, 3.05) is 19.8 Å². The Kier molecular flexibility index (Phi) is 5.24. The zero-order valence-corrected chi connectivity index (χ0v) is 16.1. The summed E-state index contributed by atoms with van der Waals surface area (Å²) < 4.78 is 11.3. The highest BCUT2D eigenvalue weighted by atomic mass is 16.5. The van der Waals surface area contributed by atoms with Crippen LogP contribution in [0.4, 0.5) is 0 Å². The molecule has 150 valence electrons. The standard InChI is InChI=1S/C21H26N2O5/c1-13(14-7-8-17-18(11-14)28-10-4-9-27-17)22-19(24)12-23-20(25)15-5-2-3-6-16(15)21(23)26/h7-8,11,13,15-16H,2-6,9-10,12H2,1H3,(H,22,24). The van der Waals surface area contributed by atoms with Crippen LogP contribution in [-0.2, 0) is 14.4 Å². The fourth-order valence-corrected chi connectivity index (χ4v) is 4.35. The third kappa shape index (κ3) is 3.57. The van der Waals surface area contributed by atoms with Crippen molar-refractivity contribution in [1.29, 1.82) is 0 Å². The first-order valence-electron chi connectivity index (χ1n) is 10.1. The minimum absolute atomic E-state index is 0.187. The lowest BCUT2D eigenvalue weighted by Crippen LogP contribution is -2.41. The van der Waals surface area contributed by atoms with E-state index in [1.807, 2.05) is 25.1 Å². The van der Waals surface area contributed by atoms with Gasteiger partial charge in [0.25, 0.3) is 0 Å². The number of carbonyl (C=O) groups excluding carboxylic acids is 3. The summed E-state index contributed by atoms with van der Waals surface area (Å²) in [7, 11) is 0. The summed E-state index contributed by atoms with van der Waals surface area (Å²) in [6.45, 7) is 2.88. The smallest absolute Gasteiger partial charge is 0.240 e. The molecule has 2 aliphatic heterocycles. The quantitative estimate of drug-likeness (QED) is 0.802. The highest BCUT2D eigenvalue weighted by molar-refractivity contribution is 6.07. The number of ether oxygens (including phenoxy) is 2. The third-order valence-corrected chi connectivity index (χ3v) is 5.88. The van der Waals surface area contributed by atoms with Gasteiger partial charge in [0, 0.05) is 6.42 Å². The van der Waals surface area contributed by atoms with Gasteiger partial charge in [0.1, 0.15) is 6.54 Å². The van der Waals surface area contributed by atoms with Crippen molar-refractivity contribution in [3.8, 4) is 11.5 Å². The van der Waals surface area contributed by atoms with E-state index in [0.717, 1.165) is 42.6 Å². The van der Waals surface area contributed by atoms with E-state index in [1.54, 1.807) is 0 Å². The van der Waals surface area contributed by atoms with Crippen LogP contribution in [0.1, 0.15) is 50.6 Å². The number of hydrogen-bond donors (Lipinski definition) is 1. The Bertz CT molecular complexity index is 769. The van der Waals surface area contributed by atoms with Crippen LogP contribution in [0.25, 0.3) is 0 Å². The van der Waals surface area contributed by atoms with Gasteiger partial charge in [-0.15, -0.1) is 0 Å². The lowest BCUT2D eigenvalue weighted by atomic mass is 9.81.